The van der Waals surface area contributed by atoms with E-state index in [4.69, 9.17) is 0 Å². The second kappa shape index (κ2) is 8.67. The third kappa shape index (κ3) is 5.42. The summed E-state index contributed by atoms with van der Waals surface area (Å²) >= 11 is 0. The fourth-order valence-corrected chi connectivity index (χ4v) is 5.95. The Hall–Kier alpha value is -1.96. The maximum absolute atomic E-state index is 11.6. The summed E-state index contributed by atoms with van der Waals surface area (Å²) < 4.78 is 0. The molecule has 0 heterocycles. The summed E-state index contributed by atoms with van der Waals surface area (Å²) in [4.78, 5) is 0. The van der Waals surface area contributed by atoms with Crippen molar-refractivity contribution < 1.29 is 10.2 Å². The minimum absolute atomic E-state index is 0.0356. The Kier molecular flexibility index (Phi) is 6.75. The number of rotatable bonds is 3. The maximum Gasteiger partial charge on any atom is 0.123 e. The molecule has 1 saturated carbocycles. The molecule has 0 amide bonds. The zero-order chi connectivity index (χ0) is 24.9. The van der Waals surface area contributed by atoms with Gasteiger partial charge in [0.2, 0.25) is 0 Å². The van der Waals surface area contributed by atoms with E-state index in [0.717, 1.165) is 46.2 Å². The third-order valence-electron chi connectivity index (χ3n) is 7.57. The van der Waals surface area contributed by atoms with Crippen molar-refractivity contribution in [3.05, 3.63) is 57.6 Å². The minimum atomic E-state index is -0.160. The van der Waals surface area contributed by atoms with Gasteiger partial charge in [0, 0.05) is 17.0 Å². The van der Waals surface area contributed by atoms with Crippen molar-refractivity contribution in [1.82, 2.24) is 0 Å². The van der Waals surface area contributed by atoms with Crippen LogP contribution in [-0.2, 0) is 10.8 Å². The molecule has 3 rings (SSSR count). The highest BCUT2D eigenvalue weighted by Crippen LogP contribution is 2.52. The van der Waals surface area contributed by atoms with Crippen molar-refractivity contribution in [2.75, 3.05) is 0 Å². The lowest BCUT2D eigenvalue weighted by molar-refractivity contribution is 0.166. The van der Waals surface area contributed by atoms with Crippen LogP contribution >= 0.6 is 0 Å². The topological polar surface area (TPSA) is 40.5 Å². The molecule has 2 heteroatoms. The van der Waals surface area contributed by atoms with Gasteiger partial charge in [0.05, 0.1) is 0 Å². The average molecular weight is 451 g/mol. The lowest BCUT2D eigenvalue weighted by Crippen LogP contribution is -2.28. The normalized spacial score (nSPS) is 19.2. The highest BCUT2D eigenvalue weighted by Gasteiger charge is 2.38. The summed E-state index contributed by atoms with van der Waals surface area (Å²) in [6.45, 7) is 21.9. The summed E-state index contributed by atoms with van der Waals surface area (Å²) in [5.41, 5.74) is 6.19. The molecule has 0 radical (unpaired) electrons. The molecule has 2 aromatic rings. The largest absolute Gasteiger partial charge is 0.507 e. The minimum Gasteiger partial charge on any atom is -0.507 e. The van der Waals surface area contributed by atoms with Crippen LogP contribution in [0.15, 0.2) is 24.3 Å². The van der Waals surface area contributed by atoms with E-state index >= 15 is 0 Å². The monoisotopic (exact) mass is 450 g/mol. The lowest BCUT2D eigenvalue weighted by atomic mass is 9.64. The first kappa shape index (κ1) is 25.7. The molecular weight excluding hydrogens is 404 g/mol. The van der Waals surface area contributed by atoms with Gasteiger partial charge in [-0.1, -0.05) is 97.2 Å². The van der Waals surface area contributed by atoms with E-state index in [1.165, 1.54) is 12.8 Å². The quantitative estimate of drug-likeness (QED) is 0.491. The van der Waals surface area contributed by atoms with Gasteiger partial charge in [0.25, 0.3) is 0 Å². The number of hydrogen-bond acceptors (Lipinski definition) is 2. The van der Waals surface area contributed by atoms with Crippen LogP contribution in [0.4, 0.5) is 0 Å². The van der Waals surface area contributed by atoms with Gasteiger partial charge in [-0.3, -0.25) is 0 Å². The van der Waals surface area contributed by atoms with E-state index in [1.807, 2.05) is 0 Å². The average Bonchev–Trinajstić information content (AvgIpc) is 2.64. The van der Waals surface area contributed by atoms with Crippen LogP contribution in [0.25, 0.3) is 0 Å². The summed E-state index contributed by atoms with van der Waals surface area (Å²) in [6.07, 6.45) is 4.63. The first-order chi connectivity index (χ1) is 15.0. The Labute approximate surface area is 202 Å². The predicted molar refractivity (Wildman–Crippen MR) is 141 cm³/mol. The van der Waals surface area contributed by atoms with Crippen molar-refractivity contribution in [3.8, 4) is 11.5 Å². The molecule has 1 unspecified atom stereocenters. The summed E-state index contributed by atoms with van der Waals surface area (Å²) in [5, 5.41) is 23.3. The van der Waals surface area contributed by atoms with E-state index in [2.05, 4.69) is 93.5 Å². The number of phenols is 2. The van der Waals surface area contributed by atoms with E-state index < -0.39 is 0 Å². The van der Waals surface area contributed by atoms with Gasteiger partial charge in [-0.25, -0.2) is 0 Å². The molecule has 0 bridgehead atoms. The molecule has 1 fully saturated rings. The first-order valence-corrected chi connectivity index (χ1v) is 12.7. The van der Waals surface area contributed by atoms with Gasteiger partial charge in [-0.05, 0) is 66.4 Å². The zero-order valence-electron chi connectivity index (χ0n) is 22.7. The summed E-state index contributed by atoms with van der Waals surface area (Å²) in [5.74, 6) is 1.14. The third-order valence-corrected chi connectivity index (χ3v) is 7.57. The Morgan fingerprint density at radius 3 is 1.58 bits per heavy atom. The number of aromatic hydroxyl groups is 2. The Morgan fingerprint density at radius 2 is 1.21 bits per heavy atom. The molecule has 0 spiro atoms. The van der Waals surface area contributed by atoms with Crippen molar-refractivity contribution in [2.45, 2.75) is 112 Å². The van der Waals surface area contributed by atoms with E-state index in [-0.39, 0.29) is 22.2 Å². The number of phenolic OH excluding ortho intramolecular Hbond substituents is 2. The molecule has 0 aromatic heterocycles. The van der Waals surface area contributed by atoms with Crippen LogP contribution in [0.5, 0.6) is 11.5 Å². The van der Waals surface area contributed by atoms with Crippen LogP contribution in [0.1, 0.15) is 120 Å². The summed E-state index contributed by atoms with van der Waals surface area (Å²) in [7, 11) is 0. The van der Waals surface area contributed by atoms with E-state index in [0.29, 0.717) is 17.4 Å². The Morgan fingerprint density at radius 1 is 0.788 bits per heavy atom. The fourth-order valence-electron chi connectivity index (χ4n) is 5.95. The Balaban J connectivity index is 2.34. The van der Waals surface area contributed by atoms with Crippen LogP contribution < -0.4 is 0 Å². The van der Waals surface area contributed by atoms with Crippen molar-refractivity contribution in [1.29, 1.82) is 0 Å². The molecule has 33 heavy (non-hydrogen) atoms. The summed E-state index contributed by atoms with van der Waals surface area (Å²) in [6, 6.07) is 8.57. The molecule has 0 saturated heterocycles. The molecule has 1 aliphatic carbocycles. The number of hydrogen-bond donors (Lipinski definition) is 2. The van der Waals surface area contributed by atoms with Crippen molar-refractivity contribution in [3.63, 3.8) is 0 Å². The standard InChI is InChI=1S/C31H46O2/c1-19-14-22(27(32)24(16-19)29(3,4)5)26(21-12-11-13-31(9,10)18-21)23-15-20(2)17-25(28(23)33)30(6,7)8/h14-17,21,26,32-33H,11-13,18H2,1-10H3. The van der Waals surface area contributed by atoms with Gasteiger partial charge in [-0.2, -0.15) is 0 Å². The maximum atomic E-state index is 11.6. The zero-order valence-corrected chi connectivity index (χ0v) is 22.7. The molecule has 2 nitrogen and oxygen atoms in total. The lowest BCUT2D eigenvalue weighted by Gasteiger charge is -2.41. The second-order valence-electron chi connectivity index (χ2n) is 13.5. The number of benzene rings is 2. The molecule has 2 N–H and O–H groups in total. The van der Waals surface area contributed by atoms with Gasteiger partial charge in [-0.15, -0.1) is 0 Å². The Bertz CT molecular complexity index is 945. The molecule has 1 atom stereocenters. The van der Waals surface area contributed by atoms with Gasteiger partial charge in [0.1, 0.15) is 11.5 Å². The SMILES string of the molecule is Cc1cc(C(c2cc(C)cc(C(C)(C)C)c2O)C2CCCC(C)(C)C2)c(O)c(C(C)(C)C)c1. The smallest absolute Gasteiger partial charge is 0.123 e. The van der Waals surface area contributed by atoms with E-state index in [9.17, 15) is 10.2 Å². The molecule has 182 valence electrons. The van der Waals surface area contributed by atoms with Crippen LogP contribution in [0, 0.1) is 25.2 Å². The highest BCUT2D eigenvalue weighted by molar-refractivity contribution is 5.56. The highest BCUT2D eigenvalue weighted by atomic mass is 16.3. The molecule has 1 aliphatic rings. The van der Waals surface area contributed by atoms with Gasteiger partial charge >= 0.3 is 0 Å². The molecule has 2 aromatic carbocycles. The first-order valence-electron chi connectivity index (χ1n) is 12.7. The van der Waals surface area contributed by atoms with Gasteiger partial charge in [0.15, 0.2) is 0 Å². The van der Waals surface area contributed by atoms with Crippen LogP contribution in [0.3, 0.4) is 0 Å². The second-order valence-corrected chi connectivity index (χ2v) is 13.5. The molecule has 0 aliphatic heterocycles. The fraction of sp³-hybridized carbons (Fsp3) is 0.613. The van der Waals surface area contributed by atoms with Crippen molar-refractivity contribution in [2.24, 2.45) is 11.3 Å². The van der Waals surface area contributed by atoms with Crippen LogP contribution in [0.2, 0.25) is 0 Å². The van der Waals surface area contributed by atoms with E-state index in [1.54, 1.807) is 0 Å². The molecular formula is C31H46O2. The van der Waals surface area contributed by atoms with Gasteiger partial charge < -0.3 is 10.2 Å². The number of aryl methyl sites for hydroxylation is 2. The van der Waals surface area contributed by atoms with Crippen LogP contribution in [-0.4, -0.2) is 10.2 Å². The predicted octanol–water partition coefficient (Wildman–Crippen LogP) is 8.66. The van der Waals surface area contributed by atoms with Crippen molar-refractivity contribution >= 4 is 0 Å².